The summed E-state index contributed by atoms with van der Waals surface area (Å²) in [5, 5.41) is 0. The first kappa shape index (κ1) is 19.9. The first-order valence-corrected chi connectivity index (χ1v) is 8.06. The van der Waals surface area contributed by atoms with Gasteiger partial charge in [-0.2, -0.15) is 0 Å². The van der Waals surface area contributed by atoms with Crippen LogP contribution in [0, 0.1) is 19.7 Å². The van der Waals surface area contributed by atoms with Gasteiger partial charge in [-0.1, -0.05) is 29.8 Å². The maximum atomic E-state index is 13.4. The van der Waals surface area contributed by atoms with Crippen molar-refractivity contribution in [3.63, 3.8) is 0 Å². The van der Waals surface area contributed by atoms with Gasteiger partial charge in [-0.15, -0.1) is 0 Å². The molecule has 2 rings (SSSR count). The van der Waals surface area contributed by atoms with Gasteiger partial charge in [-0.3, -0.25) is 20.4 Å². The van der Waals surface area contributed by atoms with E-state index in [1.54, 1.807) is 6.07 Å². The normalized spacial score (nSPS) is 10.0. The van der Waals surface area contributed by atoms with Crippen molar-refractivity contribution < 1.29 is 28.2 Å². The van der Waals surface area contributed by atoms with Crippen molar-refractivity contribution in [3.8, 4) is 5.75 Å². The van der Waals surface area contributed by atoms with Crippen molar-refractivity contribution in [2.24, 2.45) is 0 Å². The van der Waals surface area contributed by atoms with Gasteiger partial charge in [-0.25, -0.2) is 9.18 Å². The predicted octanol–water partition coefficient (Wildman–Crippen LogP) is 1.83. The summed E-state index contributed by atoms with van der Waals surface area (Å²) in [6.07, 6.45) is 0. The third-order valence-corrected chi connectivity index (χ3v) is 3.47. The molecule has 8 heteroatoms. The summed E-state index contributed by atoms with van der Waals surface area (Å²) in [5.74, 6) is -2.53. The number of nitrogens with one attached hydrogen (secondary N) is 2. The minimum absolute atomic E-state index is 0.225. The zero-order valence-corrected chi connectivity index (χ0v) is 14.9. The van der Waals surface area contributed by atoms with Gasteiger partial charge in [0, 0.05) is 0 Å². The molecule has 2 N–H and O–H groups in total. The molecule has 0 aliphatic rings. The molecule has 0 spiro atoms. The Hall–Kier alpha value is -3.42. The van der Waals surface area contributed by atoms with E-state index in [0.29, 0.717) is 5.75 Å². The van der Waals surface area contributed by atoms with Gasteiger partial charge in [0.25, 0.3) is 11.8 Å². The summed E-state index contributed by atoms with van der Waals surface area (Å²) >= 11 is 0. The highest BCUT2D eigenvalue weighted by atomic mass is 19.1. The lowest BCUT2D eigenvalue weighted by Gasteiger charge is -2.10. The van der Waals surface area contributed by atoms with Gasteiger partial charge in [-0.05, 0) is 37.6 Å². The Labute approximate surface area is 155 Å². The monoisotopic (exact) mass is 374 g/mol. The number of hydrogen-bond acceptors (Lipinski definition) is 5. The molecule has 7 nitrogen and oxygen atoms in total. The first-order valence-electron chi connectivity index (χ1n) is 8.06. The number of ether oxygens (including phenoxy) is 2. The van der Waals surface area contributed by atoms with E-state index in [0.717, 1.165) is 17.2 Å². The molecular formula is C19H19FN2O5. The largest absolute Gasteiger partial charge is 0.482 e. The number of carbonyl (C=O) groups is 3. The molecule has 0 saturated carbocycles. The second-order valence-corrected chi connectivity index (χ2v) is 5.70. The van der Waals surface area contributed by atoms with Gasteiger partial charge in [0.2, 0.25) is 0 Å². The van der Waals surface area contributed by atoms with Gasteiger partial charge in [0.1, 0.15) is 11.6 Å². The zero-order valence-electron chi connectivity index (χ0n) is 14.9. The summed E-state index contributed by atoms with van der Waals surface area (Å²) in [6.45, 7) is 2.80. The highest BCUT2D eigenvalue weighted by molar-refractivity contribution is 5.95. The molecule has 2 aromatic rings. The lowest BCUT2D eigenvalue weighted by Crippen LogP contribution is -2.44. The van der Waals surface area contributed by atoms with Crippen molar-refractivity contribution in [1.29, 1.82) is 0 Å². The summed E-state index contributed by atoms with van der Waals surface area (Å²) in [4.78, 5) is 35.0. The van der Waals surface area contributed by atoms with E-state index in [1.165, 1.54) is 18.2 Å². The van der Waals surface area contributed by atoms with E-state index in [9.17, 15) is 18.8 Å². The third kappa shape index (κ3) is 6.10. The highest BCUT2D eigenvalue weighted by Gasteiger charge is 2.13. The molecule has 0 atom stereocenters. The van der Waals surface area contributed by atoms with E-state index in [1.807, 2.05) is 36.8 Å². The topological polar surface area (TPSA) is 93.7 Å². The molecule has 27 heavy (non-hydrogen) atoms. The van der Waals surface area contributed by atoms with E-state index >= 15 is 0 Å². The zero-order chi connectivity index (χ0) is 19.8. The van der Waals surface area contributed by atoms with Crippen molar-refractivity contribution in [2.75, 3.05) is 13.2 Å². The average Bonchev–Trinajstić information content (AvgIpc) is 2.64. The van der Waals surface area contributed by atoms with Crippen LogP contribution in [-0.2, 0) is 14.3 Å². The number of hydrazine groups is 1. The Morgan fingerprint density at radius 1 is 1.00 bits per heavy atom. The van der Waals surface area contributed by atoms with Gasteiger partial charge in [0.05, 0.1) is 5.56 Å². The smallest absolute Gasteiger partial charge is 0.344 e. The Bertz CT molecular complexity index is 854. The average molecular weight is 374 g/mol. The lowest BCUT2D eigenvalue weighted by atomic mass is 10.1. The fourth-order valence-corrected chi connectivity index (χ4v) is 2.16. The second kappa shape index (κ2) is 9.33. The number of esters is 1. The van der Waals surface area contributed by atoms with Crippen molar-refractivity contribution in [1.82, 2.24) is 10.9 Å². The Morgan fingerprint density at radius 3 is 2.44 bits per heavy atom. The van der Waals surface area contributed by atoms with Crippen LogP contribution >= 0.6 is 0 Å². The number of rotatable bonds is 6. The summed E-state index contributed by atoms with van der Waals surface area (Å²) in [6, 6.07) is 10.8. The molecule has 142 valence electrons. The quantitative estimate of drug-likeness (QED) is 0.594. The molecule has 0 fully saturated rings. The van der Waals surface area contributed by atoms with Gasteiger partial charge < -0.3 is 9.47 Å². The molecule has 0 heterocycles. The third-order valence-electron chi connectivity index (χ3n) is 3.47. The van der Waals surface area contributed by atoms with Crippen LogP contribution in [0.1, 0.15) is 21.5 Å². The maximum absolute atomic E-state index is 13.4. The number of carbonyl (C=O) groups excluding carboxylic acids is 3. The van der Waals surface area contributed by atoms with Crippen LogP contribution < -0.4 is 15.6 Å². The molecule has 0 unspecified atom stereocenters. The second-order valence-electron chi connectivity index (χ2n) is 5.70. The summed E-state index contributed by atoms with van der Waals surface area (Å²) < 4.78 is 23.5. The van der Waals surface area contributed by atoms with Crippen LogP contribution in [-0.4, -0.2) is 31.0 Å². The number of hydrogen-bond donors (Lipinski definition) is 2. The van der Waals surface area contributed by atoms with Crippen molar-refractivity contribution in [3.05, 3.63) is 65.0 Å². The van der Waals surface area contributed by atoms with E-state index in [4.69, 9.17) is 9.47 Å². The molecule has 0 bridgehead atoms. The highest BCUT2D eigenvalue weighted by Crippen LogP contribution is 2.18. The number of halogens is 1. The van der Waals surface area contributed by atoms with Crippen LogP contribution in [0.5, 0.6) is 5.75 Å². The van der Waals surface area contributed by atoms with Crippen molar-refractivity contribution in [2.45, 2.75) is 13.8 Å². The predicted molar refractivity (Wildman–Crippen MR) is 94.4 cm³/mol. The minimum atomic E-state index is -0.828. The van der Waals surface area contributed by atoms with Crippen LogP contribution in [0.15, 0.2) is 42.5 Å². The van der Waals surface area contributed by atoms with E-state index in [2.05, 4.69) is 0 Å². The standard InChI is InChI=1S/C19H19FN2O5/c1-12-7-8-16(13(2)9-12)26-11-18(24)27-10-17(23)21-22-19(25)14-5-3-4-6-15(14)20/h3-9H,10-11H2,1-2H3,(H,21,23)(H,22,25). The summed E-state index contributed by atoms with van der Waals surface area (Å²) in [5.41, 5.74) is 5.77. The Kier molecular flexibility index (Phi) is 6.87. The number of amides is 2. The molecule has 0 radical (unpaired) electrons. The van der Waals surface area contributed by atoms with Crippen LogP contribution in [0.3, 0.4) is 0 Å². The van der Waals surface area contributed by atoms with Crippen LogP contribution in [0.25, 0.3) is 0 Å². The SMILES string of the molecule is Cc1ccc(OCC(=O)OCC(=O)NNC(=O)c2ccccc2F)c(C)c1. The minimum Gasteiger partial charge on any atom is -0.482 e. The molecule has 2 aromatic carbocycles. The van der Waals surface area contributed by atoms with E-state index < -0.39 is 30.2 Å². The van der Waals surface area contributed by atoms with Crippen molar-refractivity contribution >= 4 is 17.8 Å². The fraction of sp³-hybridized carbons (Fsp3) is 0.211. The molecule has 0 saturated heterocycles. The summed E-state index contributed by atoms with van der Waals surface area (Å²) in [7, 11) is 0. The molecule has 0 aliphatic heterocycles. The molecular weight excluding hydrogens is 355 g/mol. The van der Waals surface area contributed by atoms with Gasteiger partial charge >= 0.3 is 5.97 Å². The van der Waals surface area contributed by atoms with Crippen LogP contribution in [0.4, 0.5) is 4.39 Å². The molecule has 2 amide bonds. The lowest BCUT2D eigenvalue weighted by molar-refractivity contribution is -0.150. The fourth-order valence-electron chi connectivity index (χ4n) is 2.16. The Morgan fingerprint density at radius 2 is 1.74 bits per heavy atom. The first-order chi connectivity index (χ1) is 12.9. The van der Waals surface area contributed by atoms with Gasteiger partial charge in [0.15, 0.2) is 13.2 Å². The molecule has 0 aromatic heterocycles. The number of benzene rings is 2. The molecule has 0 aliphatic carbocycles. The number of aryl methyl sites for hydroxylation is 2. The van der Waals surface area contributed by atoms with E-state index in [-0.39, 0.29) is 12.2 Å². The van der Waals surface area contributed by atoms with Crippen LogP contribution in [0.2, 0.25) is 0 Å². The Balaban J connectivity index is 1.71. The maximum Gasteiger partial charge on any atom is 0.344 e.